The number of hydrogen-bond donors (Lipinski definition) is 1. The van der Waals surface area contributed by atoms with Crippen LogP contribution >= 0.6 is 0 Å². The van der Waals surface area contributed by atoms with Crippen molar-refractivity contribution in [3.8, 4) is 11.9 Å². The molecule has 0 amide bonds. The lowest BCUT2D eigenvalue weighted by molar-refractivity contribution is 0.247. The highest BCUT2D eigenvalue weighted by molar-refractivity contribution is 5.31. The van der Waals surface area contributed by atoms with Gasteiger partial charge in [0.2, 0.25) is 5.88 Å². The van der Waals surface area contributed by atoms with Gasteiger partial charge in [0.1, 0.15) is 0 Å². The van der Waals surface area contributed by atoms with Crippen molar-refractivity contribution in [2.45, 2.75) is 19.3 Å². The molecule has 1 aliphatic heterocycles. The Bertz CT molecular complexity index is 394. The first kappa shape index (κ1) is 11.9. The zero-order valence-electron chi connectivity index (χ0n) is 9.85. The molecule has 90 valence electrons. The van der Waals surface area contributed by atoms with Crippen molar-refractivity contribution in [3.63, 3.8) is 0 Å². The monoisotopic (exact) mass is 231 g/mol. The molecule has 1 aromatic rings. The van der Waals surface area contributed by atoms with Crippen LogP contribution in [0.4, 0.5) is 0 Å². The van der Waals surface area contributed by atoms with Crippen LogP contribution < -0.4 is 10.1 Å². The van der Waals surface area contributed by atoms with Gasteiger partial charge in [0.05, 0.1) is 18.2 Å². The predicted molar refractivity (Wildman–Crippen MR) is 64.7 cm³/mol. The molecular formula is C13H17N3O. The van der Waals surface area contributed by atoms with Crippen LogP contribution in [0.15, 0.2) is 18.3 Å². The summed E-state index contributed by atoms with van der Waals surface area (Å²) < 4.78 is 5.56. The van der Waals surface area contributed by atoms with Crippen LogP contribution in [0.5, 0.6) is 5.88 Å². The minimum Gasteiger partial charge on any atom is -0.478 e. The highest BCUT2D eigenvalue weighted by Crippen LogP contribution is 2.15. The molecule has 17 heavy (non-hydrogen) atoms. The van der Waals surface area contributed by atoms with Crippen molar-refractivity contribution in [3.05, 3.63) is 23.9 Å². The van der Waals surface area contributed by atoms with Gasteiger partial charge in [-0.25, -0.2) is 4.98 Å². The summed E-state index contributed by atoms with van der Waals surface area (Å²) in [6, 6.07) is 5.44. The zero-order valence-corrected chi connectivity index (χ0v) is 9.85. The summed E-state index contributed by atoms with van der Waals surface area (Å²) in [6.07, 6.45) is 5.19. The van der Waals surface area contributed by atoms with E-state index in [0.717, 1.165) is 19.5 Å². The van der Waals surface area contributed by atoms with Crippen molar-refractivity contribution < 1.29 is 4.74 Å². The average Bonchev–Trinajstić information content (AvgIpc) is 2.40. The van der Waals surface area contributed by atoms with E-state index in [9.17, 15) is 0 Å². The molecule has 0 spiro atoms. The van der Waals surface area contributed by atoms with Crippen LogP contribution in [0.3, 0.4) is 0 Å². The van der Waals surface area contributed by atoms with E-state index in [0.29, 0.717) is 24.0 Å². The van der Waals surface area contributed by atoms with Gasteiger partial charge in [-0.05, 0) is 44.3 Å². The Kier molecular flexibility index (Phi) is 4.34. The quantitative estimate of drug-likeness (QED) is 0.857. The second-order valence-electron chi connectivity index (χ2n) is 4.34. The Morgan fingerprint density at radius 2 is 2.53 bits per heavy atom. The molecule has 0 aliphatic carbocycles. The Morgan fingerprint density at radius 1 is 1.59 bits per heavy atom. The number of aromatic nitrogens is 1. The van der Waals surface area contributed by atoms with E-state index in [4.69, 9.17) is 10.00 Å². The molecule has 4 heteroatoms. The zero-order chi connectivity index (χ0) is 11.9. The SMILES string of the molecule is N#Cc1ccnc(OCC[C@H]2CCCNC2)c1. The van der Waals surface area contributed by atoms with Gasteiger partial charge >= 0.3 is 0 Å². The van der Waals surface area contributed by atoms with Crippen LogP contribution in [0.25, 0.3) is 0 Å². The fourth-order valence-electron chi connectivity index (χ4n) is 2.06. The van der Waals surface area contributed by atoms with Crippen LogP contribution in [-0.4, -0.2) is 24.7 Å². The lowest BCUT2D eigenvalue weighted by atomic mass is 9.97. The Hall–Kier alpha value is -1.60. The first-order valence-electron chi connectivity index (χ1n) is 6.08. The number of nitriles is 1. The molecule has 1 atom stereocenters. The Morgan fingerprint density at radius 3 is 3.29 bits per heavy atom. The van der Waals surface area contributed by atoms with E-state index in [2.05, 4.69) is 16.4 Å². The van der Waals surface area contributed by atoms with E-state index in [-0.39, 0.29) is 0 Å². The molecule has 0 radical (unpaired) electrons. The molecule has 0 bridgehead atoms. The van der Waals surface area contributed by atoms with Gasteiger partial charge in [0, 0.05) is 12.3 Å². The minimum absolute atomic E-state index is 0.549. The normalized spacial score (nSPS) is 19.6. The first-order valence-corrected chi connectivity index (χ1v) is 6.08. The molecule has 0 saturated carbocycles. The molecule has 1 aromatic heterocycles. The van der Waals surface area contributed by atoms with Gasteiger partial charge in [-0.3, -0.25) is 0 Å². The van der Waals surface area contributed by atoms with Crippen LogP contribution in [0.2, 0.25) is 0 Å². The highest BCUT2D eigenvalue weighted by Gasteiger charge is 2.12. The third-order valence-electron chi connectivity index (χ3n) is 3.04. The summed E-state index contributed by atoms with van der Waals surface area (Å²) >= 11 is 0. The maximum Gasteiger partial charge on any atom is 0.214 e. The summed E-state index contributed by atoms with van der Waals surface area (Å²) in [5, 5.41) is 12.1. The van der Waals surface area contributed by atoms with E-state index in [1.54, 1.807) is 18.3 Å². The number of pyridine rings is 1. The second kappa shape index (κ2) is 6.21. The van der Waals surface area contributed by atoms with Crippen molar-refractivity contribution in [2.75, 3.05) is 19.7 Å². The fraction of sp³-hybridized carbons (Fsp3) is 0.538. The molecule has 2 heterocycles. The number of hydrogen-bond acceptors (Lipinski definition) is 4. The summed E-state index contributed by atoms with van der Waals surface area (Å²) in [7, 11) is 0. The molecule has 1 fully saturated rings. The Labute approximate surface area is 102 Å². The number of nitrogens with zero attached hydrogens (tertiary/aromatic N) is 2. The number of rotatable bonds is 4. The van der Waals surface area contributed by atoms with Crippen LogP contribution in [0.1, 0.15) is 24.8 Å². The number of piperidine rings is 1. The van der Waals surface area contributed by atoms with Gasteiger partial charge < -0.3 is 10.1 Å². The smallest absolute Gasteiger partial charge is 0.214 e. The van der Waals surface area contributed by atoms with E-state index in [1.807, 2.05) is 0 Å². The minimum atomic E-state index is 0.549. The maximum atomic E-state index is 8.75. The lowest BCUT2D eigenvalue weighted by Crippen LogP contribution is -2.30. The molecule has 1 aliphatic rings. The van der Waals surface area contributed by atoms with Gasteiger partial charge in [-0.1, -0.05) is 0 Å². The highest BCUT2D eigenvalue weighted by atomic mass is 16.5. The molecule has 1 saturated heterocycles. The first-order chi connectivity index (χ1) is 8.38. The van der Waals surface area contributed by atoms with E-state index >= 15 is 0 Å². The predicted octanol–water partition coefficient (Wildman–Crippen LogP) is 1.72. The number of nitrogens with one attached hydrogen (secondary N) is 1. The third-order valence-corrected chi connectivity index (χ3v) is 3.04. The van der Waals surface area contributed by atoms with Crippen molar-refractivity contribution in [2.24, 2.45) is 5.92 Å². The topological polar surface area (TPSA) is 57.9 Å². The summed E-state index contributed by atoms with van der Waals surface area (Å²) in [4.78, 5) is 4.08. The molecule has 0 unspecified atom stereocenters. The van der Waals surface area contributed by atoms with Gasteiger partial charge in [0.25, 0.3) is 0 Å². The summed E-state index contributed by atoms with van der Waals surface area (Å²) in [5.41, 5.74) is 0.592. The van der Waals surface area contributed by atoms with Crippen molar-refractivity contribution in [1.82, 2.24) is 10.3 Å². The van der Waals surface area contributed by atoms with Crippen LogP contribution in [0, 0.1) is 17.2 Å². The Balaban J connectivity index is 1.75. The second-order valence-corrected chi connectivity index (χ2v) is 4.34. The van der Waals surface area contributed by atoms with Gasteiger partial charge in [-0.15, -0.1) is 0 Å². The van der Waals surface area contributed by atoms with E-state index in [1.165, 1.54) is 12.8 Å². The van der Waals surface area contributed by atoms with E-state index < -0.39 is 0 Å². The van der Waals surface area contributed by atoms with Crippen molar-refractivity contribution in [1.29, 1.82) is 5.26 Å². The largest absolute Gasteiger partial charge is 0.478 e. The fourth-order valence-corrected chi connectivity index (χ4v) is 2.06. The number of ether oxygens (including phenoxy) is 1. The molecule has 1 N–H and O–H groups in total. The average molecular weight is 231 g/mol. The molecular weight excluding hydrogens is 214 g/mol. The van der Waals surface area contributed by atoms with Crippen LogP contribution in [-0.2, 0) is 0 Å². The molecule has 2 rings (SSSR count). The van der Waals surface area contributed by atoms with Gasteiger partial charge in [-0.2, -0.15) is 5.26 Å². The van der Waals surface area contributed by atoms with Crippen molar-refractivity contribution >= 4 is 0 Å². The molecule has 0 aromatic carbocycles. The maximum absolute atomic E-state index is 8.75. The van der Waals surface area contributed by atoms with Gasteiger partial charge in [0.15, 0.2) is 0 Å². The lowest BCUT2D eigenvalue weighted by Gasteiger charge is -2.22. The summed E-state index contributed by atoms with van der Waals surface area (Å²) in [6.45, 7) is 2.91. The molecule has 4 nitrogen and oxygen atoms in total. The standard InChI is InChI=1S/C13H17N3O/c14-9-12-3-6-16-13(8-12)17-7-4-11-2-1-5-15-10-11/h3,6,8,11,15H,1-2,4-5,7,10H2/t11-/m1/s1. The third kappa shape index (κ3) is 3.72. The summed E-state index contributed by atoms with van der Waals surface area (Å²) in [5.74, 6) is 1.26.